The molecule has 0 aromatic heterocycles. The topological polar surface area (TPSA) is 98.5 Å². The highest BCUT2D eigenvalue weighted by Crippen LogP contribution is 2.17. The molecule has 0 heterocycles. The largest absolute Gasteiger partial charge is 0.427 e. The molecule has 0 saturated heterocycles. The average molecular weight is 376 g/mol. The normalized spacial score (nSPS) is 11.6. The number of amides is 2. The van der Waals surface area contributed by atoms with Gasteiger partial charge in [0.25, 0.3) is 5.91 Å². The minimum atomic E-state index is -0.869. The van der Waals surface area contributed by atoms with Gasteiger partial charge in [-0.2, -0.15) is 0 Å². The molecule has 0 aliphatic heterocycles. The maximum atomic E-state index is 12.5. The number of hydrogen-bond donors (Lipinski definition) is 2. The monoisotopic (exact) mass is 376 g/mol. The number of nitrogens with two attached hydrogens (primary N) is 1. The molecule has 0 saturated carbocycles. The maximum absolute atomic E-state index is 12.5. The number of fused-ring (bicyclic) bond motifs is 1. The molecule has 6 heteroatoms. The second kappa shape index (κ2) is 8.35. The van der Waals surface area contributed by atoms with E-state index in [1.54, 1.807) is 18.2 Å². The van der Waals surface area contributed by atoms with E-state index in [0.29, 0.717) is 0 Å². The first-order valence-corrected chi connectivity index (χ1v) is 8.79. The van der Waals surface area contributed by atoms with Crippen LogP contribution in [-0.2, 0) is 16.0 Å². The predicted octanol–water partition coefficient (Wildman–Crippen LogP) is 2.59. The van der Waals surface area contributed by atoms with Crippen LogP contribution in [0.4, 0.5) is 0 Å². The predicted molar refractivity (Wildman–Crippen MR) is 106 cm³/mol. The molecule has 0 fully saturated rings. The number of benzene rings is 3. The van der Waals surface area contributed by atoms with Gasteiger partial charge in [0.15, 0.2) is 0 Å². The molecule has 3 rings (SSSR count). The van der Waals surface area contributed by atoms with Gasteiger partial charge in [0.2, 0.25) is 5.91 Å². The van der Waals surface area contributed by atoms with Gasteiger partial charge in [-0.3, -0.25) is 14.4 Å². The molecule has 142 valence electrons. The van der Waals surface area contributed by atoms with E-state index in [1.807, 2.05) is 42.5 Å². The Morgan fingerprint density at radius 1 is 0.964 bits per heavy atom. The van der Waals surface area contributed by atoms with E-state index >= 15 is 0 Å². The molecule has 28 heavy (non-hydrogen) atoms. The van der Waals surface area contributed by atoms with Gasteiger partial charge in [-0.05, 0) is 34.5 Å². The number of ether oxygens (including phenoxy) is 1. The van der Waals surface area contributed by atoms with Gasteiger partial charge < -0.3 is 15.8 Å². The van der Waals surface area contributed by atoms with Crippen LogP contribution in [0.15, 0.2) is 66.7 Å². The molecule has 0 aliphatic carbocycles. The Labute approximate surface area is 162 Å². The molecule has 0 spiro atoms. The first-order chi connectivity index (χ1) is 13.4. The van der Waals surface area contributed by atoms with E-state index in [0.717, 1.165) is 16.3 Å². The summed E-state index contributed by atoms with van der Waals surface area (Å²) in [6.45, 7) is 1.28. The van der Waals surface area contributed by atoms with Crippen LogP contribution in [0.5, 0.6) is 5.75 Å². The summed E-state index contributed by atoms with van der Waals surface area (Å²) in [5, 5.41) is 4.79. The van der Waals surface area contributed by atoms with Crippen molar-refractivity contribution in [2.24, 2.45) is 5.73 Å². The smallest absolute Gasteiger partial charge is 0.308 e. The van der Waals surface area contributed by atoms with Crippen molar-refractivity contribution >= 4 is 28.6 Å². The van der Waals surface area contributed by atoms with Crippen molar-refractivity contribution < 1.29 is 19.1 Å². The third kappa shape index (κ3) is 4.73. The van der Waals surface area contributed by atoms with Crippen molar-refractivity contribution in [1.29, 1.82) is 0 Å². The Balaban J connectivity index is 1.76. The van der Waals surface area contributed by atoms with E-state index in [-0.39, 0.29) is 17.7 Å². The van der Waals surface area contributed by atoms with Crippen molar-refractivity contribution in [3.63, 3.8) is 0 Å². The van der Waals surface area contributed by atoms with Gasteiger partial charge in [-0.15, -0.1) is 0 Å². The lowest BCUT2D eigenvalue weighted by Gasteiger charge is -2.16. The zero-order chi connectivity index (χ0) is 20.1. The van der Waals surface area contributed by atoms with Gasteiger partial charge in [0, 0.05) is 18.9 Å². The van der Waals surface area contributed by atoms with Gasteiger partial charge >= 0.3 is 5.97 Å². The summed E-state index contributed by atoms with van der Waals surface area (Å²) in [5.74, 6) is -1.33. The number of rotatable bonds is 6. The fourth-order valence-electron chi connectivity index (χ4n) is 2.93. The molecule has 2 amide bonds. The SMILES string of the molecule is CC(=O)Oc1cccc(C(=O)N[C@H](Cc2ccc3ccccc3c2)C(N)=O)c1. The molecular weight excluding hydrogens is 356 g/mol. The standard InChI is InChI=1S/C22H20N2O4/c1-14(25)28-19-8-4-7-18(13-19)22(27)24-20(21(23)26)12-15-9-10-16-5-2-3-6-17(16)11-15/h2-11,13,20H,12H2,1H3,(H2,23,26)(H,24,27)/t20-/m1/s1. The zero-order valence-electron chi connectivity index (χ0n) is 15.3. The van der Waals surface area contributed by atoms with Crippen LogP contribution in [0.3, 0.4) is 0 Å². The Morgan fingerprint density at radius 3 is 2.43 bits per heavy atom. The van der Waals surface area contributed by atoms with Crippen LogP contribution >= 0.6 is 0 Å². The fraction of sp³-hybridized carbons (Fsp3) is 0.136. The van der Waals surface area contributed by atoms with Crippen LogP contribution < -0.4 is 15.8 Å². The van der Waals surface area contributed by atoms with Gasteiger partial charge in [0.05, 0.1) is 0 Å². The van der Waals surface area contributed by atoms with Gasteiger partial charge in [0.1, 0.15) is 11.8 Å². The average Bonchev–Trinajstić information content (AvgIpc) is 2.67. The molecule has 0 unspecified atom stereocenters. The van der Waals surface area contributed by atoms with Crippen molar-refractivity contribution in [3.05, 3.63) is 77.9 Å². The quantitative estimate of drug-likeness (QED) is 0.510. The molecule has 3 aromatic carbocycles. The van der Waals surface area contributed by atoms with Crippen molar-refractivity contribution in [3.8, 4) is 5.75 Å². The lowest BCUT2D eigenvalue weighted by Crippen LogP contribution is -2.45. The summed E-state index contributed by atoms with van der Waals surface area (Å²) < 4.78 is 4.98. The molecule has 0 radical (unpaired) electrons. The Bertz CT molecular complexity index is 1050. The van der Waals surface area contributed by atoms with Crippen LogP contribution in [0.25, 0.3) is 10.8 Å². The van der Waals surface area contributed by atoms with Crippen molar-refractivity contribution in [2.75, 3.05) is 0 Å². The van der Waals surface area contributed by atoms with Crippen LogP contribution in [0.1, 0.15) is 22.8 Å². The Hall–Kier alpha value is -3.67. The van der Waals surface area contributed by atoms with Gasteiger partial charge in [-0.1, -0.05) is 48.5 Å². The lowest BCUT2D eigenvalue weighted by atomic mass is 10.0. The second-order valence-electron chi connectivity index (χ2n) is 6.44. The molecule has 3 N–H and O–H groups in total. The fourth-order valence-corrected chi connectivity index (χ4v) is 2.93. The Kier molecular flexibility index (Phi) is 5.69. The third-order valence-corrected chi connectivity index (χ3v) is 4.26. The van der Waals surface area contributed by atoms with Crippen molar-refractivity contribution in [2.45, 2.75) is 19.4 Å². The number of hydrogen-bond acceptors (Lipinski definition) is 4. The van der Waals surface area contributed by atoms with Crippen molar-refractivity contribution in [1.82, 2.24) is 5.32 Å². The van der Waals surface area contributed by atoms with Crippen LogP contribution in [0, 0.1) is 0 Å². The summed E-state index contributed by atoms with van der Waals surface area (Å²) in [7, 11) is 0. The summed E-state index contributed by atoms with van der Waals surface area (Å²) in [6.07, 6.45) is 0.273. The minimum absolute atomic E-state index is 0.255. The highest BCUT2D eigenvalue weighted by molar-refractivity contribution is 5.97. The second-order valence-corrected chi connectivity index (χ2v) is 6.44. The Morgan fingerprint density at radius 2 is 1.71 bits per heavy atom. The number of nitrogens with one attached hydrogen (secondary N) is 1. The summed E-state index contributed by atoms with van der Waals surface area (Å²) >= 11 is 0. The minimum Gasteiger partial charge on any atom is -0.427 e. The molecule has 0 bridgehead atoms. The van der Waals surface area contributed by atoms with E-state index in [4.69, 9.17) is 10.5 Å². The number of esters is 1. The molecule has 1 atom stereocenters. The highest BCUT2D eigenvalue weighted by Gasteiger charge is 2.20. The first kappa shape index (κ1) is 19.1. The lowest BCUT2D eigenvalue weighted by molar-refractivity contribution is -0.131. The van der Waals surface area contributed by atoms with E-state index in [2.05, 4.69) is 5.32 Å². The molecule has 6 nitrogen and oxygen atoms in total. The molecule has 0 aliphatic rings. The zero-order valence-corrected chi connectivity index (χ0v) is 15.3. The number of carbonyl (C=O) groups is 3. The van der Waals surface area contributed by atoms with E-state index in [9.17, 15) is 14.4 Å². The van der Waals surface area contributed by atoms with E-state index in [1.165, 1.54) is 13.0 Å². The van der Waals surface area contributed by atoms with Crippen LogP contribution in [-0.4, -0.2) is 23.8 Å². The number of primary amides is 1. The summed E-state index contributed by atoms with van der Waals surface area (Å²) in [4.78, 5) is 35.5. The molecule has 3 aromatic rings. The highest BCUT2D eigenvalue weighted by atomic mass is 16.5. The van der Waals surface area contributed by atoms with Gasteiger partial charge in [-0.25, -0.2) is 0 Å². The summed E-state index contributed by atoms with van der Waals surface area (Å²) in [5.41, 5.74) is 6.65. The third-order valence-electron chi connectivity index (χ3n) is 4.26. The first-order valence-electron chi connectivity index (χ1n) is 8.79. The summed E-state index contributed by atoms with van der Waals surface area (Å²) in [6, 6.07) is 19.0. The van der Waals surface area contributed by atoms with Crippen LogP contribution in [0.2, 0.25) is 0 Å². The molecular formula is C22H20N2O4. The maximum Gasteiger partial charge on any atom is 0.308 e. The van der Waals surface area contributed by atoms with E-state index < -0.39 is 23.8 Å². The number of carbonyl (C=O) groups excluding carboxylic acids is 3.